The molecule has 0 aliphatic carbocycles. The van der Waals surface area contributed by atoms with E-state index in [2.05, 4.69) is 52.0 Å². The molecule has 0 radical (unpaired) electrons. The summed E-state index contributed by atoms with van der Waals surface area (Å²) in [6, 6.07) is 2.86. The molecule has 25 heavy (non-hydrogen) atoms. The molecule has 1 aliphatic heterocycles. The van der Waals surface area contributed by atoms with Crippen molar-refractivity contribution in [2.24, 2.45) is 0 Å². The standard InChI is InChI=1S/C17H34BN2O4P/c1-7-14-15(24-25(6)20(12(2)3)13(4)5)16(17(18)23-14)22-11-21-10-8-9-19/h12-17H,7-8,10-11,18H2,1-6H3/t14-,15?,16+,17-,25?/m1/s1. The van der Waals surface area contributed by atoms with Crippen molar-refractivity contribution in [2.45, 2.75) is 83.9 Å². The Morgan fingerprint density at radius 3 is 2.40 bits per heavy atom. The number of rotatable bonds is 11. The average molecular weight is 372 g/mol. The number of nitrogens with zero attached hydrogens (tertiary/aromatic N) is 2. The van der Waals surface area contributed by atoms with Crippen molar-refractivity contribution in [3.8, 4) is 6.07 Å². The zero-order valence-corrected chi connectivity index (χ0v) is 17.7. The van der Waals surface area contributed by atoms with Gasteiger partial charge in [0.1, 0.15) is 35.1 Å². The van der Waals surface area contributed by atoms with E-state index in [0.717, 1.165) is 6.42 Å². The number of hydrogen-bond donors (Lipinski definition) is 0. The molecule has 2 unspecified atom stereocenters. The Hall–Kier alpha value is -0.215. The summed E-state index contributed by atoms with van der Waals surface area (Å²) < 4.78 is 26.2. The maximum Gasteiger partial charge on any atom is 0.147 e. The Morgan fingerprint density at radius 1 is 1.24 bits per heavy atom. The first-order valence-electron chi connectivity index (χ1n) is 9.23. The molecule has 5 atom stereocenters. The molecule has 8 heteroatoms. The van der Waals surface area contributed by atoms with Gasteiger partial charge in [-0.2, -0.15) is 5.26 Å². The third-order valence-corrected chi connectivity index (χ3v) is 6.43. The Kier molecular flexibility index (Phi) is 10.5. The van der Waals surface area contributed by atoms with Crippen molar-refractivity contribution in [3.63, 3.8) is 0 Å². The molecule has 6 nitrogen and oxygen atoms in total. The Morgan fingerprint density at radius 2 is 1.88 bits per heavy atom. The van der Waals surface area contributed by atoms with E-state index in [4.69, 9.17) is 24.0 Å². The fourth-order valence-corrected chi connectivity index (χ4v) is 5.39. The van der Waals surface area contributed by atoms with Crippen LogP contribution in [0.25, 0.3) is 0 Å². The van der Waals surface area contributed by atoms with Crippen LogP contribution in [0.3, 0.4) is 0 Å². The molecule has 0 aromatic rings. The first-order valence-corrected chi connectivity index (χ1v) is 10.9. The smallest absolute Gasteiger partial charge is 0.147 e. The summed E-state index contributed by atoms with van der Waals surface area (Å²) in [5.41, 5.74) is 0. The van der Waals surface area contributed by atoms with E-state index in [1.807, 2.05) is 7.85 Å². The highest BCUT2D eigenvalue weighted by molar-refractivity contribution is 7.49. The lowest BCUT2D eigenvalue weighted by atomic mass is 9.92. The summed E-state index contributed by atoms with van der Waals surface area (Å²) in [6.45, 7) is 13.6. The minimum atomic E-state index is -0.747. The van der Waals surface area contributed by atoms with Crippen LogP contribution < -0.4 is 0 Å². The summed E-state index contributed by atoms with van der Waals surface area (Å²) in [5, 5.41) is 8.56. The molecule has 0 aromatic heterocycles. The maximum absolute atomic E-state index is 8.56. The van der Waals surface area contributed by atoms with E-state index >= 15 is 0 Å². The predicted octanol–water partition coefficient (Wildman–Crippen LogP) is 2.47. The zero-order valence-electron chi connectivity index (χ0n) is 16.8. The highest BCUT2D eigenvalue weighted by Crippen LogP contribution is 2.45. The molecule has 0 N–H and O–H groups in total. The molecule has 1 aliphatic rings. The predicted molar refractivity (Wildman–Crippen MR) is 103 cm³/mol. The minimum Gasteiger partial charge on any atom is -0.378 e. The fraction of sp³-hybridized carbons (Fsp3) is 0.941. The van der Waals surface area contributed by atoms with E-state index in [1.54, 1.807) is 0 Å². The molecule has 0 aromatic carbocycles. The molecule has 1 fully saturated rings. The van der Waals surface area contributed by atoms with Crippen molar-refractivity contribution >= 4 is 16.1 Å². The van der Waals surface area contributed by atoms with Gasteiger partial charge in [-0.3, -0.25) is 4.67 Å². The molecular formula is C17H34BN2O4P. The normalized spacial score (nSPS) is 28.0. The topological polar surface area (TPSA) is 64.0 Å². The lowest BCUT2D eigenvalue weighted by Gasteiger charge is -2.38. The van der Waals surface area contributed by atoms with Crippen molar-refractivity contribution in [3.05, 3.63) is 0 Å². The van der Waals surface area contributed by atoms with Crippen LogP contribution in [0.2, 0.25) is 0 Å². The average Bonchev–Trinajstić information content (AvgIpc) is 2.82. The van der Waals surface area contributed by atoms with Crippen molar-refractivity contribution in [1.29, 1.82) is 5.26 Å². The highest BCUT2D eigenvalue weighted by Gasteiger charge is 2.44. The molecule has 1 rings (SSSR count). The van der Waals surface area contributed by atoms with E-state index < -0.39 is 8.30 Å². The quantitative estimate of drug-likeness (QED) is 0.240. The van der Waals surface area contributed by atoms with E-state index in [9.17, 15) is 0 Å². The Bertz CT molecular complexity index is 414. The summed E-state index contributed by atoms with van der Waals surface area (Å²) >= 11 is 0. The first-order chi connectivity index (χ1) is 11.8. The molecule has 0 bridgehead atoms. The van der Waals surface area contributed by atoms with Gasteiger partial charge < -0.3 is 18.7 Å². The van der Waals surface area contributed by atoms with Crippen LogP contribution in [0.4, 0.5) is 0 Å². The largest absolute Gasteiger partial charge is 0.378 e. The SMILES string of the molecule is B[C@@H]1O[C@H](CC)C(OP(C)N(C(C)C)C(C)C)[C@@H]1OCOCCC#N. The van der Waals surface area contributed by atoms with Gasteiger partial charge in [-0.25, -0.2) is 0 Å². The maximum atomic E-state index is 8.56. The van der Waals surface area contributed by atoms with Crippen LogP contribution in [-0.4, -0.2) is 69.0 Å². The number of hydrogen-bond acceptors (Lipinski definition) is 6. The number of nitriles is 1. The highest BCUT2D eigenvalue weighted by atomic mass is 31.2. The van der Waals surface area contributed by atoms with Gasteiger partial charge >= 0.3 is 0 Å². The van der Waals surface area contributed by atoms with Gasteiger partial charge in [0, 0.05) is 12.1 Å². The van der Waals surface area contributed by atoms with Crippen LogP contribution in [0.1, 0.15) is 47.5 Å². The van der Waals surface area contributed by atoms with Gasteiger partial charge in [0.2, 0.25) is 0 Å². The molecule has 1 saturated heterocycles. The third-order valence-electron chi connectivity index (χ3n) is 4.30. The number of ether oxygens (including phenoxy) is 3. The molecule has 144 valence electrons. The van der Waals surface area contributed by atoms with Crippen LogP contribution in [0, 0.1) is 11.3 Å². The second-order valence-corrected chi connectivity index (χ2v) is 8.56. The minimum absolute atomic E-state index is 0.0326. The Balaban J connectivity index is 2.71. The summed E-state index contributed by atoms with van der Waals surface area (Å²) in [5.74, 6) is 0. The lowest BCUT2D eigenvalue weighted by Crippen LogP contribution is -2.40. The van der Waals surface area contributed by atoms with Crippen LogP contribution in [0.15, 0.2) is 0 Å². The van der Waals surface area contributed by atoms with Gasteiger partial charge in [-0.15, -0.1) is 0 Å². The van der Waals surface area contributed by atoms with Gasteiger partial charge in [-0.1, -0.05) is 6.92 Å². The van der Waals surface area contributed by atoms with Gasteiger partial charge in [0.05, 0.1) is 31.2 Å². The van der Waals surface area contributed by atoms with E-state index in [1.165, 1.54) is 0 Å². The van der Waals surface area contributed by atoms with E-state index in [-0.39, 0.29) is 31.1 Å². The summed E-state index contributed by atoms with van der Waals surface area (Å²) in [7, 11) is 1.27. The summed E-state index contributed by atoms with van der Waals surface area (Å²) in [4.78, 5) is 0. The fourth-order valence-electron chi connectivity index (χ4n) is 3.38. The second-order valence-electron chi connectivity index (χ2n) is 6.96. The first kappa shape index (κ1) is 22.8. The van der Waals surface area contributed by atoms with Crippen molar-refractivity contribution in [1.82, 2.24) is 4.67 Å². The van der Waals surface area contributed by atoms with Gasteiger partial charge in [-0.05, 0) is 40.8 Å². The third kappa shape index (κ3) is 6.79. The second kappa shape index (κ2) is 11.5. The zero-order chi connectivity index (χ0) is 19.0. The molecule has 0 spiro atoms. The van der Waals surface area contributed by atoms with Crippen molar-refractivity contribution in [2.75, 3.05) is 20.1 Å². The summed E-state index contributed by atoms with van der Waals surface area (Å²) in [6.07, 6.45) is 1.03. The van der Waals surface area contributed by atoms with Crippen LogP contribution >= 0.6 is 8.30 Å². The van der Waals surface area contributed by atoms with Gasteiger partial charge in [0.25, 0.3) is 0 Å². The van der Waals surface area contributed by atoms with Crippen molar-refractivity contribution < 1.29 is 18.7 Å². The Labute approximate surface area is 155 Å². The lowest BCUT2D eigenvalue weighted by molar-refractivity contribution is -0.111. The molecule has 1 heterocycles. The molecular weight excluding hydrogens is 338 g/mol. The molecule has 0 saturated carbocycles. The molecule has 0 amide bonds. The van der Waals surface area contributed by atoms with E-state index in [0.29, 0.717) is 25.1 Å². The monoisotopic (exact) mass is 372 g/mol. The van der Waals surface area contributed by atoms with Gasteiger partial charge in [0.15, 0.2) is 0 Å². The van der Waals surface area contributed by atoms with Crippen LogP contribution in [-0.2, 0) is 18.7 Å². The van der Waals surface area contributed by atoms with Crippen LogP contribution in [0.5, 0.6) is 0 Å².